The van der Waals surface area contributed by atoms with Crippen LogP contribution < -0.4 is 9.46 Å². The van der Waals surface area contributed by atoms with Crippen LogP contribution in [0.3, 0.4) is 0 Å². The van der Waals surface area contributed by atoms with Crippen LogP contribution in [-0.4, -0.2) is 28.1 Å². The Morgan fingerprint density at radius 3 is 2.44 bits per heavy atom. The fraction of sp³-hybridized carbons (Fsp3) is 0.278. The summed E-state index contributed by atoms with van der Waals surface area (Å²) >= 11 is 0. The molecule has 2 rings (SSSR count). The number of esters is 1. The fourth-order valence-corrected chi connectivity index (χ4v) is 3.57. The van der Waals surface area contributed by atoms with E-state index in [0.717, 1.165) is 5.56 Å². The van der Waals surface area contributed by atoms with Crippen LogP contribution in [0.2, 0.25) is 0 Å². The van der Waals surface area contributed by atoms with Gasteiger partial charge in [-0.2, -0.15) is 0 Å². The van der Waals surface area contributed by atoms with Crippen molar-refractivity contribution in [3.8, 4) is 5.75 Å². The highest BCUT2D eigenvalue weighted by atomic mass is 32.2. The summed E-state index contributed by atoms with van der Waals surface area (Å²) in [6.45, 7) is 3.27. The lowest BCUT2D eigenvalue weighted by atomic mass is 10.1. The maximum Gasteiger partial charge on any atom is 0.343 e. The zero-order valence-corrected chi connectivity index (χ0v) is 15.2. The van der Waals surface area contributed by atoms with Gasteiger partial charge in [0.05, 0.1) is 12.0 Å². The fourth-order valence-electron chi connectivity index (χ4n) is 2.26. The van der Waals surface area contributed by atoms with Crippen molar-refractivity contribution in [2.24, 2.45) is 0 Å². The number of aryl methyl sites for hydroxylation is 1. The Hall–Kier alpha value is -2.38. The first kappa shape index (κ1) is 19.0. The number of benzene rings is 2. The van der Waals surface area contributed by atoms with E-state index in [4.69, 9.17) is 4.74 Å². The largest absolute Gasteiger partial charge is 0.482 e. The maximum atomic E-state index is 12.6. The molecule has 0 saturated heterocycles. The van der Waals surface area contributed by atoms with Crippen molar-refractivity contribution < 1.29 is 22.7 Å². The number of carbonyl (C=O) groups excluding carboxylic acids is 1. The van der Waals surface area contributed by atoms with Gasteiger partial charge in [0.2, 0.25) is 10.0 Å². The SMILES string of the molecule is COC(=O)COc1ccc(S(=O)(=O)N[C@@H](C)c2ccccc2)cc1C. The van der Waals surface area contributed by atoms with Crippen LogP contribution >= 0.6 is 0 Å². The normalized spacial score (nSPS) is 12.4. The molecule has 7 heteroatoms. The smallest absolute Gasteiger partial charge is 0.343 e. The Morgan fingerprint density at radius 1 is 1.16 bits per heavy atom. The molecule has 0 unspecified atom stereocenters. The van der Waals surface area contributed by atoms with E-state index >= 15 is 0 Å². The minimum Gasteiger partial charge on any atom is -0.482 e. The van der Waals surface area contributed by atoms with Crippen molar-refractivity contribution in [3.63, 3.8) is 0 Å². The summed E-state index contributed by atoms with van der Waals surface area (Å²) < 4.78 is 37.6. The summed E-state index contributed by atoms with van der Waals surface area (Å²) in [5.74, 6) is -0.0742. The summed E-state index contributed by atoms with van der Waals surface area (Å²) in [6, 6.07) is 13.4. The Labute approximate surface area is 147 Å². The van der Waals surface area contributed by atoms with E-state index in [1.165, 1.54) is 25.3 Å². The molecular weight excluding hydrogens is 342 g/mol. The lowest BCUT2D eigenvalue weighted by Gasteiger charge is -2.15. The van der Waals surface area contributed by atoms with Gasteiger partial charge >= 0.3 is 5.97 Å². The van der Waals surface area contributed by atoms with Crippen molar-refractivity contribution in [1.82, 2.24) is 4.72 Å². The van der Waals surface area contributed by atoms with Crippen LogP contribution in [0, 0.1) is 6.92 Å². The number of ether oxygens (including phenoxy) is 2. The van der Waals surface area contributed by atoms with Crippen molar-refractivity contribution in [2.45, 2.75) is 24.8 Å². The standard InChI is InChI=1S/C18H21NO5S/c1-13-11-16(9-10-17(13)24-12-18(20)23-3)25(21,22)19-14(2)15-7-5-4-6-8-15/h4-11,14,19H,12H2,1-3H3/t14-/m0/s1. The highest BCUT2D eigenvalue weighted by Crippen LogP contribution is 2.23. The Bertz CT molecular complexity index is 834. The molecule has 0 saturated carbocycles. The van der Waals surface area contributed by atoms with Crippen LogP contribution in [0.25, 0.3) is 0 Å². The molecule has 0 aliphatic rings. The molecule has 2 aromatic carbocycles. The molecule has 0 bridgehead atoms. The lowest BCUT2D eigenvalue weighted by Crippen LogP contribution is -2.27. The quantitative estimate of drug-likeness (QED) is 0.765. The Morgan fingerprint density at radius 2 is 1.84 bits per heavy atom. The van der Waals surface area contributed by atoms with Gasteiger partial charge in [0.1, 0.15) is 5.75 Å². The van der Waals surface area contributed by atoms with Gasteiger partial charge in [-0.1, -0.05) is 30.3 Å². The minimum absolute atomic E-state index is 0.137. The molecule has 0 radical (unpaired) electrons. The zero-order valence-electron chi connectivity index (χ0n) is 14.4. The molecule has 1 atom stereocenters. The molecule has 0 fully saturated rings. The molecule has 1 N–H and O–H groups in total. The predicted molar refractivity (Wildman–Crippen MR) is 93.9 cm³/mol. The zero-order chi connectivity index (χ0) is 18.4. The van der Waals surface area contributed by atoms with Gasteiger partial charge in [0.25, 0.3) is 0 Å². The summed E-state index contributed by atoms with van der Waals surface area (Å²) in [5.41, 5.74) is 1.49. The van der Waals surface area contributed by atoms with Gasteiger partial charge in [-0.3, -0.25) is 0 Å². The second kappa shape index (κ2) is 8.13. The van der Waals surface area contributed by atoms with Gasteiger partial charge in [0.15, 0.2) is 6.61 Å². The summed E-state index contributed by atoms with van der Waals surface area (Å²) in [6.07, 6.45) is 0. The monoisotopic (exact) mass is 363 g/mol. The van der Waals surface area contributed by atoms with E-state index < -0.39 is 16.0 Å². The molecule has 134 valence electrons. The first-order valence-corrected chi connectivity index (χ1v) is 9.19. The molecule has 0 amide bonds. The number of rotatable bonds is 7. The highest BCUT2D eigenvalue weighted by Gasteiger charge is 2.19. The molecule has 0 aromatic heterocycles. The summed E-state index contributed by atoms with van der Waals surface area (Å²) in [5, 5.41) is 0. The number of sulfonamides is 1. The maximum absolute atomic E-state index is 12.6. The molecular formula is C18H21NO5S. The third kappa shape index (κ3) is 5.04. The second-order valence-electron chi connectivity index (χ2n) is 5.55. The topological polar surface area (TPSA) is 81.7 Å². The summed E-state index contributed by atoms with van der Waals surface area (Å²) in [4.78, 5) is 11.3. The number of hydrogen-bond donors (Lipinski definition) is 1. The summed E-state index contributed by atoms with van der Waals surface area (Å²) in [7, 11) is -2.41. The third-order valence-corrected chi connectivity index (χ3v) is 5.20. The van der Waals surface area contributed by atoms with Crippen molar-refractivity contribution in [2.75, 3.05) is 13.7 Å². The number of methoxy groups -OCH3 is 1. The van der Waals surface area contributed by atoms with E-state index in [9.17, 15) is 13.2 Å². The van der Waals surface area contributed by atoms with Crippen LogP contribution in [-0.2, 0) is 19.6 Å². The first-order valence-electron chi connectivity index (χ1n) is 7.71. The van der Waals surface area contributed by atoms with Gasteiger partial charge in [-0.15, -0.1) is 0 Å². The molecule has 0 spiro atoms. The van der Waals surface area contributed by atoms with E-state index in [1.807, 2.05) is 30.3 Å². The van der Waals surface area contributed by atoms with Gasteiger partial charge in [-0.05, 0) is 43.2 Å². The van der Waals surface area contributed by atoms with Crippen molar-refractivity contribution in [3.05, 3.63) is 59.7 Å². The average molecular weight is 363 g/mol. The van der Waals surface area contributed by atoms with Gasteiger partial charge in [0, 0.05) is 6.04 Å². The Kier molecular flexibility index (Phi) is 6.17. The van der Waals surface area contributed by atoms with E-state index in [0.29, 0.717) is 11.3 Å². The predicted octanol–water partition coefficient (Wildman–Crippen LogP) is 2.59. The number of hydrogen-bond acceptors (Lipinski definition) is 5. The van der Waals surface area contributed by atoms with Crippen molar-refractivity contribution in [1.29, 1.82) is 0 Å². The highest BCUT2D eigenvalue weighted by molar-refractivity contribution is 7.89. The van der Waals surface area contributed by atoms with Gasteiger partial charge in [-0.25, -0.2) is 17.9 Å². The van der Waals surface area contributed by atoms with Crippen LogP contribution in [0.4, 0.5) is 0 Å². The Balaban J connectivity index is 2.14. The molecule has 6 nitrogen and oxygen atoms in total. The number of nitrogens with one attached hydrogen (secondary N) is 1. The third-order valence-electron chi connectivity index (χ3n) is 3.66. The molecule has 0 aliphatic heterocycles. The van der Waals surface area contributed by atoms with E-state index in [-0.39, 0.29) is 17.5 Å². The molecule has 2 aromatic rings. The van der Waals surface area contributed by atoms with E-state index in [2.05, 4.69) is 9.46 Å². The molecule has 0 heterocycles. The lowest BCUT2D eigenvalue weighted by molar-refractivity contribution is -0.142. The minimum atomic E-state index is -3.68. The van der Waals surface area contributed by atoms with Crippen LogP contribution in [0.5, 0.6) is 5.75 Å². The van der Waals surface area contributed by atoms with Crippen LogP contribution in [0.15, 0.2) is 53.4 Å². The number of carbonyl (C=O) groups is 1. The van der Waals surface area contributed by atoms with Crippen LogP contribution in [0.1, 0.15) is 24.1 Å². The molecule has 0 aliphatic carbocycles. The second-order valence-corrected chi connectivity index (χ2v) is 7.26. The van der Waals surface area contributed by atoms with E-state index in [1.54, 1.807) is 13.8 Å². The molecule has 25 heavy (non-hydrogen) atoms. The average Bonchev–Trinajstić information content (AvgIpc) is 2.60. The van der Waals surface area contributed by atoms with Gasteiger partial charge < -0.3 is 9.47 Å². The first-order chi connectivity index (χ1) is 11.8. The van der Waals surface area contributed by atoms with Crippen molar-refractivity contribution >= 4 is 16.0 Å².